The first-order valence-electron chi connectivity index (χ1n) is 9.63. The van der Waals surface area contributed by atoms with Gasteiger partial charge in [-0.3, -0.25) is 9.59 Å². The molecule has 4 rings (SSSR count). The fourth-order valence-electron chi connectivity index (χ4n) is 3.09. The molecular formula is C26H19NO4. The molecule has 0 aromatic heterocycles. The molecule has 5 heteroatoms. The number of rotatable bonds is 7. The van der Waals surface area contributed by atoms with Crippen molar-refractivity contribution in [3.05, 3.63) is 125 Å². The maximum absolute atomic E-state index is 12.6. The number of carbonyl (C=O) groups excluding carboxylic acids is 2. The molecule has 0 bridgehead atoms. The highest BCUT2D eigenvalue weighted by Crippen LogP contribution is 2.24. The molecule has 0 aliphatic heterocycles. The van der Waals surface area contributed by atoms with Gasteiger partial charge in [-0.2, -0.15) is 5.90 Å². The van der Waals surface area contributed by atoms with Crippen molar-refractivity contribution < 1.29 is 19.2 Å². The fraction of sp³-hybridized carbons (Fsp3) is 0. The highest BCUT2D eigenvalue weighted by molar-refractivity contribution is 6.09. The zero-order chi connectivity index (χ0) is 21.6. The lowest BCUT2D eigenvalue weighted by Crippen LogP contribution is -2.04. The van der Waals surface area contributed by atoms with Gasteiger partial charge in [0.05, 0.1) is 0 Å². The summed E-state index contributed by atoms with van der Waals surface area (Å²) in [5.74, 6) is 6.62. The van der Waals surface area contributed by atoms with Crippen LogP contribution in [-0.2, 0) is 0 Å². The molecule has 0 heterocycles. The molecule has 0 fully saturated rings. The van der Waals surface area contributed by atoms with E-state index in [1.807, 2.05) is 18.2 Å². The van der Waals surface area contributed by atoms with E-state index in [1.54, 1.807) is 84.9 Å². The van der Waals surface area contributed by atoms with E-state index in [9.17, 15) is 9.59 Å². The number of ketones is 2. The summed E-state index contributed by atoms with van der Waals surface area (Å²) in [5, 5.41) is 0. The minimum Gasteiger partial charge on any atom is -0.457 e. The van der Waals surface area contributed by atoms with Crippen LogP contribution in [0.25, 0.3) is 0 Å². The van der Waals surface area contributed by atoms with Crippen LogP contribution < -0.4 is 15.5 Å². The highest BCUT2D eigenvalue weighted by atomic mass is 16.6. The Morgan fingerprint density at radius 3 is 1.23 bits per heavy atom. The summed E-state index contributed by atoms with van der Waals surface area (Å²) in [6.45, 7) is 0. The number of hydrogen-bond donors (Lipinski definition) is 1. The second kappa shape index (κ2) is 9.07. The normalized spacial score (nSPS) is 10.4. The molecule has 5 nitrogen and oxygen atoms in total. The fourth-order valence-corrected chi connectivity index (χ4v) is 3.09. The number of ether oxygens (including phenoxy) is 1. The number of benzene rings is 4. The zero-order valence-electron chi connectivity index (χ0n) is 16.5. The summed E-state index contributed by atoms with van der Waals surface area (Å²) in [5.41, 5.74) is 2.30. The molecular weight excluding hydrogens is 390 g/mol. The largest absolute Gasteiger partial charge is 0.457 e. The van der Waals surface area contributed by atoms with Crippen LogP contribution in [0.15, 0.2) is 103 Å². The summed E-state index contributed by atoms with van der Waals surface area (Å²) < 4.78 is 5.84. The van der Waals surface area contributed by atoms with Crippen LogP contribution in [0.4, 0.5) is 0 Å². The third kappa shape index (κ3) is 4.69. The quantitative estimate of drug-likeness (QED) is 0.336. The lowest BCUT2D eigenvalue weighted by atomic mass is 10.0. The maximum Gasteiger partial charge on any atom is 0.193 e. The summed E-state index contributed by atoms with van der Waals surface area (Å²) in [6.07, 6.45) is 0. The van der Waals surface area contributed by atoms with Gasteiger partial charge in [0.1, 0.15) is 17.2 Å². The van der Waals surface area contributed by atoms with Gasteiger partial charge in [-0.25, -0.2) is 0 Å². The monoisotopic (exact) mass is 409 g/mol. The third-order valence-corrected chi connectivity index (χ3v) is 4.76. The molecule has 152 valence electrons. The molecule has 4 aromatic rings. The first-order valence-corrected chi connectivity index (χ1v) is 9.63. The van der Waals surface area contributed by atoms with E-state index in [1.165, 1.54) is 0 Å². The maximum atomic E-state index is 12.6. The van der Waals surface area contributed by atoms with Crippen molar-refractivity contribution in [3.8, 4) is 17.2 Å². The zero-order valence-corrected chi connectivity index (χ0v) is 16.5. The van der Waals surface area contributed by atoms with Gasteiger partial charge in [-0.15, -0.1) is 0 Å². The topological polar surface area (TPSA) is 78.6 Å². The number of hydrogen-bond acceptors (Lipinski definition) is 5. The van der Waals surface area contributed by atoms with E-state index in [4.69, 9.17) is 10.6 Å². The average molecular weight is 409 g/mol. The van der Waals surface area contributed by atoms with Crippen molar-refractivity contribution in [2.24, 2.45) is 5.90 Å². The molecule has 0 amide bonds. The van der Waals surface area contributed by atoms with Crippen molar-refractivity contribution in [2.75, 3.05) is 0 Å². The minimum absolute atomic E-state index is 0.0407. The Balaban J connectivity index is 1.43. The Labute approximate surface area is 179 Å². The smallest absolute Gasteiger partial charge is 0.193 e. The van der Waals surface area contributed by atoms with Crippen LogP contribution in [0.3, 0.4) is 0 Å². The van der Waals surface area contributed by atoms with Crippen LogP contribution in [0.2, 0.25) is 0 Å². The first kappa shape index (κ1) is 20.1. The van der Waals surface area contributed by atoms with Gasteiger partial charge in [0.15, 0.2) is 11.6 Å². The Bertz CT molecular complexity index is 1180. The van der Waals surface area contributed by atoms with Gasteiger partial charge in [0.25, 0.3) is 0 Å². The van der Waals surface area contributed by atoms with E-state index >= 15 is 0 Å². The SMILES string of the molecule is NOc1ccc(C(=O)c2ccc(Oc3ccc(C(=O)c4ccccc4)cc3)cc2)cc1. The second-order valence-corrected chi connectivity index (χ2v) is 6.82. The number of carbonyl (C=O) groups is 2. The van der Waals surface area contributed by atoms with Crippen molar-refractivity contribution in [1.29, 1.82) is 0 Å². The highest BCUT2D eigenvalue weighted by Gasteiger charge is 2.11. The van der Waals surface area contributed by atoms with Gasteiger partial charge in [-0.1, -0.05) is 30.3 Å². The molecule has 31 heavy (non-hydrogen) atoms. The van der Waals surface area contributed by atoms with Gasteiger partial charge >= 0.3 is 0 Å². The Morgan fingerprint density at radius 1 is 0.484 bits per heavy atom. The molecule has 0 spiro atoms. The van der Waals surface area contributed by atoms with Crippen LogP contribution in [0.1, 0.15) is 31.8 Å². The number of nitrogens with two attached hydrogens (primary N) is 1. The van der Waals surface area contributed by atoms with E-state index < -0.39 is 0 Å². The lowest BCUT2D eigenvalue weighted by molar-refractivity contribution is 0.103. The summed E-state index contributed by atoms with van der Waals surface area (Å²) in [7, 11) is 0. The molecule has 0 aliphatic carbocycles. The predicted octanol–water partition coefficient (Wildman–Crippen LogP) is 5.19. The van der Waals surface area contributed by atoms with Crippen molar-refractivity contribution in [3.63, 3.8) is 0 Å². The first-order chi connectivity index (χ1) is 15.1. The van der Waals surface area contributed by atoms with Crippen LogP contribution in [-0.4, -0.2) is 11.6 Å². The molecule has 0 saturated carbocycles. The lowest BCUT2D eigenvalue weighted by Gasteiger charge is -2.08. The summed E-state index contributed by atoms with van der Waals surface area (Å²) >= 11 is 0. The van der Waals surface area contributed by atoms with Crippen molar-refractivity contribution in [2.45, 2.75) is 0 Å². The Morgan fingerprint density at radius 2 is 0.839 bits per heavy atom. The van der Waals surface area contributed by atoms with Gasteiger partial charge in [0, 0.05) is 22.3 Å². The molecule has 0 saturated heterocycles. The molecule has 0 unspecified atom stereocenters. The summed E-state index contributed by atoms with van der Waals surface area (Å²) in [6, 6.07) is 29.5. The Hall–Kier alpha value is -4.22. The molecule has 4 aromatic carbocycles. The van der Waals surface area contributed by atoms with E-state index in [0.717, 1.165) is 0 Å². The van der Waals surface area contributed by atoms with Crippen molar-refractivity contribution in [1.82, 2.24) is 0 Å². The molecule has 0 atom stereocenters. The van der Waals surface area contributed by atoms with Gasteiger partial charge in [0.2, 0.25) is 0 Å². The second-order valence-electron chi connectivity index (χ2n) is 6.82. The van der Waals surface area contributed by atoms with E-state index in [0.29, 0.717) is 39.5 Å². The van der Waals surface area contributed by atoms with Crippen molar-refractivity contribution >= 4 is 11.6 Å². The standard InChI is InChI=1S/C26H19NO4/c27-31-24-16-10-21(11-17-24)26(29)20-8-14-23(15-9-20)30-22-12-6-19(7-13-22)25(28)18-4-2-1-3-5-18/h1-17H,27H2. The van der Waals surface area contributed by atoms with E-state index in [-0.39, 0.29) is 11.6 Å². The Kier molecular flexibility index (Phi) is 5.87. The average Bonchev–Trinajstić information content (AvgIpc) is 2.85. The predicted molar refractivity (Wildman–Crippen MR) is 118 cm³/mol. The summed E-state index contributed by atoms with van der Waals surface area (Å²) in [4.78, 5) is 29.7. The van der Waals surface area contributed by atoms with Crippen LogP contribution in [0.5, 0.6) is 17.2 Å². The van der Waals surface area contributed by atoms with Gasteiger partial charge < -0.3 is 9.57 Å². The minimum atomic E-state index is -0.112. The van der Waals surface area contributed by atoms with Crippen LogP contribution >= 0.6 is 0 Å². The third-order valence-electron chi connectivity index (χ3n) is 4.76. The molecule has 2 N–H and O–H groups in total. The molecule has 0 aliphatic rings. The molecule has 0 radical (unpaired) electrons. The van der Waals surface area contributed by atoms with Gasteiger partial charge in [-0.05, 0) is 72.8 Å². The van der Waals surface area contributed by atoms with Crippen LogP contribution in [0, 0.1) is 0 Å². The van der Waals surface area contributed by atoms with E-state index in [2.05, 4.69) is 4.84 Å².